The van der Waals surface area contributed by atoms with Crippen molar-refractivity contribution in [1.82, 2.24) is 0 Å². The van der Waals surface area contributed by atoms with Crippen LogP contribution >= 0.6 is 0 Å². The minimum atomic E-state index is -1.22. The van der Waals surface area contributed by atoms with Crippen molar-refractivity contribution in [3.63, 3.8) is 0 Å². The molecular weight excluding hydrogens is 188 g/mol. The Bertz CT molecular complexity index is 248. The van der Waals surface area contributed by atoms with Gasteiger partial charge in [0.1, 0.15) is 8.07 Å². The van der Waals surface area contributed by atoms with Crippen LogP contribution in [0, 0.1) is 11.8 Å². The van der Waals surface area contributed by atoms with E-state index in [9.17, 15) is 0 Å². The van der Waals surface area contributed by atoms with Crippen LogP contribution in [-0.4, -0.2) is 15.2 Å². The summed E-state index contributed by atoms with van der Waals surface area (Å²) in [7, 11) is 0.648. The second kappa shape index (κ2) is 3.40. The van der Waals surface area contributed by atoms with Gasteiger partial charge in [0, 0.05) is 0 Å². The Morgan fingerprint density at radius 1 is 1.14 bits per heavy atom. The van der Waals surface area contributed by atoms with Crippen molar-refractivity contribution < 1.29 is 4.74 Å². The van der Waals surface area contributed by atoms with Gasteiger partial charge in [0.05, 0.1) is 12.5 Å². The average molecular weight is 210 g/mol. The van der Waals surface area contributed by atoms with E-state index in [0.29, 0.717) is 0 Å². The van der Waals surface area contributed by atoms with Crippen LogP contribution in [0.3, 0.4) is 0 Å². The van der Waals surface area contributed by atoms with E-state index < -0.39 is 8.07 Å². The number of allylic oxidation sites excluding steroid dienone is 1. The van der Waals surface area contributed by atoms with Gasteiger partial charge in [-0.1, -0.05) is 32.5 Å². The molecule has 0 saturated heterocycles. The van der Waals surface area contributed by atoms with Crippen LogP contribution < -0.4 is 0 Å². The van der Waals surface area contributed by atoms with E-state index in [1.807, 2.05) is 7.11 Å². The van der Waals surface area contributed by atoms with Gasteiger partial charge >= 0.3 is 0 Å². The smallest absolute Gasteiger partial charge is 0.122 e. The Kier molecular flexibility index (Phi) is 2.50. The molecule has 1 nitrogen and oxygen atoms in total. The Balaban J connectivity index is 2.22. The van der Waals surface area contributed by atoms with Crippen LogP contribution in [0.1, 0.15) is 25.7 Å². The van der Waals surface area contributed by atoms with Gasteiger partial charge in [0.2, 0.25) is 0 Å². The van der Waals surface area contributed by atoms with Gasteiger partial charge in [-0.2, -0.15) is 0 Å². The van der Waals surface area contributed by atoms with Crippen molar-refractivity contribution in [3.05, 3.63) is 11.0 Å². The Morgan fingerprint density at radius 2 is 1.64 bits per heavy atom. The van der Waals surface area contributed by atoms with Gasteiger partial charge in [-0.05, 0) is 30.3 Å². The molecule has 80 valence electrons. The number of fused-ring (bicyclic) bond motifs is 1. The van der Waals surface area contributed by atoms with Gasteiger partial charge in [-0.3, -0.25) is 0 Å². The van der Waals surface area contributed by atoms with Gasteiger partial charge in [0.15, 0.2) is 0 Å². The molecule has 0 unspecified atom stereocenters. The lowest BCUT2D eigenvalue weighted by Crippen LogP contribution is -2.25. The Hall–Kier alpha value is -0.243. The zero-order chi connectivity index (χ0) is 10.3. The highest BCUT2D eigenvalue weighted by molar-refractivity contribution is 6.82. The summed E-state index contributed by atoms with van der Waals surface area (Å²) >= 11 is 0. The van der Waals surface area contributed by atoms with Gasteiger partial charge in [-0.25, -0.2) is 0 Å². The van der Waals surface area contributed by atoms with Gasteiger partial charge in [0.25, 0.3) is 0 Å². The predicted molar refractivity (Wildman–Crippen MR) is 62.8 cm³/mol. The third kappa shape index (κ3) is 1.65. The number of rotatable bonds is 2. The standard InChI is InChI=1S/C12H22OSi/c1-13-12(14(2,3)4)11-9-7-5-6-8-10(9)11/h9-10H,5-8H2,1-4H3/t9-,10+. The minimum Gasteiger partial charge on any atom is -0.506 e. The van der Waals surface area contributed by atoms with E-state index >= 15 is 0 Å². The molecule has 2 rings (SSSR count). The molecule has 2 saturated carbocycles. The second-order valence-electron chi connectivity index (χ2n) is 5.74. The lowest BCUT2D eigenvalue weighted by Gasteiger charge is -2.19. The highest BCUT2D eigenvalue weighted by atomic mass is 28.3. The highest BCUT2D eigenvalue weighted by Crippen LogP contribution is 2.57. The van der Waals surface area contributed by atoms with Crippen LogP contribution in [0.5, 0.6) is 0 Å². The summed E-state index contributed by atoms with van der Waals surface area (Å²) in [6.45, 7) is 7.18. The predicted octanol–water partition coefficient (Wildman–Crippen LogP) is 3.58. The van der Waals surface area contributed by atoms with Crippen LogP contribution in [0.2, 0.25) is 19.6 Å². The molecule has 2 aliphatic rings. The molecule has 0 bridgehead atoms. The lowest BCUT2D eigenvalue weighted by molar-refractivity contribution is 0.313. The molecule has 0 spiro atoms. The van der Waals surface area contributed by atoms with Crippen molar-refractivity contribution in [2.45, 2.75) is 45.3 Å². The van der Waals surface area contributed by atoms with E-state index in [0.717, 1.165) is 11.8 Å². The molecule has 0 aliphatic heterocycles. The molecule has 0 aromatic carbocycles. The number of hydrogen-bond donors (Lipinski definition) is 0. The number of methoxy groups -OCH3 is 1. The van der Waals surface area contributed by atoms with Crippen LogP contribution in [0.25, 0.3) is 0 Å². The average Bonchev–Trinajstić information content (AvgIpc) is 2.79. The molecule has 2 aliphatic carbocycles. The summed E-state index contributed by atoms with van der Waals surface area (Å²) in [5.41, 5.74) is 1.71. The van der Waals surface area contributed by atoms with E-state index in [4.69, 9.17) is 4.74 Å². The van der Waals surface area contributed by atoms with Gasteiger partial charge < -0.3 is 4.74 Å². The zero-order valence-corrected chi connectivity index (χ0v) is 10.9. The Labute approximate surface area is 88.5 Å². The summed E-state index contributed by atoms with van der Waals surface area (Å²) in [5.74, 6) is 1.84. The zero-order valence-electron chi connectivity index (χ0n) is 9.89. The summed E-state index contributed by atoms with van der Waals surface area (Å²) in [4.78, 5) is 0. The van der Waals surface area contributed by atoms with Crippen LogP contribution in [-0.2, 0) is 4.74 Å². The van der Waals surface area contributed by atoms with Crippen LogP contribution in [0.4, 0.5) is 0 Å². The van der Waals surface area contributed by atoms with E-state index in [1.54, 1.807) is 5.57 Å². The first-order valence-electron chi connectivity index (χ1n) is 5.84. The monoisotopic (exact) mass is 210 g/mol. The van der Waals surface area contributed by atoms with Crippen molar-refractivity contribution in [3.8, 4) is 0 Å². The maximum Gasteiger partial charge on any atom is 0.122 e. The third-order valence-electron chi connectivity index (χ3n) is 3.60. The first-order valence-corrected chi connectivity index (χ1v) is 9.34. The fraction of sp³-hybridized carbons (Fsp3) is 0.833. The summed E-state index contributed by atoms with van der Waals surface area (Å²) in [5, 5.41) is 1.41. The molecule has 0 N–H and O–H groups in total. The summed E-state index contributed by atoms with van der Waals surface area (Å²) in [6.07, 6.45) is 5.73. The molecule has 14 heavy (non-hydrogen) atoms. The Morgan fingerprint density at radius 3 is 2.00 bits per heavy atom. The van der Waals surface area contributed by atoms with E-state index in [2.05, 4.69) is 19.6 Å². The molecule has 2 atom stereocenters. The molecule has 0 amide bonds. The number of hydrogen-bond acceptors (Lipinski definition) is 1. The second-order valence-corrected chi connectivity index (χ2v) is 10.7. The quantitative estimate of drug-likeness (QED) is 0.500. The van der Waals surface area contributed by atoms with Gasteiger partial charge in [-0.15, -0.1) is 0 Å². The maximum atomic E-state index is 5.67. The summed E-state index contributed by atoms with van der Waals surface area (Å²) < 4.78 is 5.67. The highest BCUT2D eigenvalue weighted by Gasteiger charge is 2.49. The lowest BCUT2D eigenvalue weighted by atomic mass is 10.0. The molecule has 2 heteroatoms. The molecule has 0 aromatic heterocycles. The minimum absolute atomic E-state index is 0.922. The van der Waals surface area contributed by atoms with Crippen molar-refractivity contribution >= 4 is 8.07 Å². The fourth-order valence-corrected chi connectivity index (χ4v) is 4.86. The first-order chi connectivity index (χ1) is 6.55. The first kappa shape index (κ1) is 10.3. The topological polar surface area (TPSA) is 9.23 Å². The third-order valence-corrected chi connectivity index (χ3v) is 5.46. The molecule has 2 fully saturated rings. The van der Waals surface area contributed by atoms with E-state index in [-0.39, 0.29) is 0 Å². The van der Waals surface area contributed by atoms with Crippen molar-refractivity contribution in [2.24, 2.45) is 11.8 Å². The number of ether oxygens (including phenoxy) is 1. The maximum absolute atomic E-state index is 5.67. The van der Waals surface area contributed by atoms with Crippen molar-refractivity contribution in [1.29, 1.82) is 0 Å². The normalized spacial score (nSPS) is 34.9. The molecule has 0 aromatic rings. The molecular formula is C12H22OSi. The fourth-order valence-electron chi connectivity index (χ4n) is 3.01. The largest absolute Gasteiger partial charge is 0.506 e. The SMILES string of the molecule is COC(=C1[C@H]2CCCC[C@@H]12)[Si](C)(C)C. The summed E-state index contributed by atoms with van der Waals surface area (Å²) in [6, 6.07) is 0. The molecule has 0 heterocycles. The van der Waals surface area contributed by atoms with E-state index in [1.165, 1.54) is 31.1 Å². The molecule has 0 radical (unpaired) electrons. The van der Waals surface area contributed by atoms with Crippen LogP contribution in [0.15, 0.2) is 11.0 Å². The van der Waals surface area contributed by atoms with Crippen molar-refractivity contribution in [2.75, 3.05) is 7.11 Å².